The van der Waals surface area contributed by atoms with Crippen molar-refractivity contribution in [2.75, 3.05) is 20.7 Å². The fourth-order valence-electron chi connectivity index (χ4n) is 2.42. The van der Waals surface area contributed by atoms with Crippen molar-refractivity contribution in [3.63, 3.8) is 0 Å². The first kappa shape index (κ1) is 14.5. The van der Waals surface area contributed by atoms with Crippen LogP contribution in [0.1, 0.15) is 39.0 Å². The largest absolute Gasteiger partial charge is 0.473 e. The lowest BCUT2D eigenvalue weighted by Crippen LogP contribution is -2.38. The summed E-state index contributed by atoms with van der Waals surface area (Å²) in [6.45, 7) is 2.82. The third kappa shape index (κ3) is 3.79. The summed E-state index contributed by atoms with van der Waals surface area (Å²) in [6, 6.07) is 0.463. The number of unbranched alkanes of at least 4 members (excludes halogenated alkanes) is 1. The summed E-state index contributed by atoms with van der Waals surface area (Å²) >= 11 is 1.15. The van der Waals surface area contributed by atoms with E-state index < -0.39 is 0 Å². The molecule has 1 saturated carbocycles. The molecule has 5 nitrogen and oxygen atoms in total. The number of likely N-dealkylation sites (N-methyl/N-ethyl adjacent to an activating group) is 1. The molecule has 0 aliphatic heterocycles. The van der Waals surface area contributed by atoms with E-state index in [2.05, 4.69) is 34.7 Å². The van der Waals surface area contributed by atoms with Gasteiger partial charge in [0.1, 0.15) is 6.10 Å². The zero-order valence-electron chi connectivity index (χ0n) is 12.0. The highest BCUT2D eigenvalue weighted by molar-refractivity contribution is 6.99. The Morgan fingerprint density at radius 3 is 2.79 bits per heavy atom. The molecule has 2 atom stereocenters. The van der Waals surface area contributed by atoms with Crippen LogP contribution in [-0.4, -0.2) is 46.5 Å². The SMILES string of the molecule is CCCCOc1nsnc1OC1CCCC1N(C)C. The van der Waals surface area contributed by atoms with Crippen LogP contribution in [0.3, 0.4) is 0 Å². The third-order valence-electron chi connectivity index (χ3n) is 3.51. The fraction of sp³-hybridized carbons (Fsp3) is 0.846. The van der Waals surface area contributed by atoms with Crippen molar-refractivity contribution in [2.24, 2.45) is 0 Å². The molecule has 6 heteroatoms. The average molecular weight is 285 g/mol. The molecule has 0 saturated heterocycles. The van der Waals surface area contributed by atoms with Crippen molar-refractivity contribution >= 4 is 11.7 Å². The Labute approximate surface area is 119 Å². The molecule has 1 fully saturated rings. The summed E-state index contributed by atoms with van der Waals surface area (Å²) < 4.78 is 20.0. The summed E-state index contributed by atoms with van der Waals surface area (Å²) in [5.41, 5.74) is 0. The lowest BCUT2D eigenvalue weighted by atomic mass is 10.2. The molecule has 108 valence electrons. The molecule has 0 N–H and O–H groups in total. The van der Waals surface area contributed by atoms with Crippen LogP contribution in [0.25, 0.3) is 0 Å². The Balaban J connectivity index is 1.93. The number of hydrogen-bond acceptors (Lipinski definition) is 6. The van der Waals surface area contributed by atoms with Gasteiger partial charge in [-0.15, -0.1) is 8.75 Å². The molecule has 0 aromatic carbocycles. The Hall–Kier alpha value is -0.880. The van der Waals surface area contributed by atoms with Crippen molar-refractivity contribution in [1.29, 1.82) is 0 Å². The molecule has 2 rings (SSSR count). The zero-order valence-corrected chi connectivity index (χ0v) is 12.8. The Bertz CT molecular complexity index is 384. The van der Waals surface area contributed by atoms with E-state index in [4.69, 9.17) is 9.47 Å². The van der Waals surface area contributed by atoms with E-state index in [-0.39, 0.29) is 6.10 Å². The maximum Gasteiger partial charge on any atom is 0.291 e. The summed E-state index contributed by atoms with van der Waals surface area (Å²) in [4.78, 5) is 2.23. The predicted octanol–water partition coefficient (Wildman–Crippen LogP) is 2.58. The average Bonchev–Trinajstić information content (AvgIpc) is 3.00. The molecule has 0 amide bonds. The van der Waals surface area contributed by atoms with Gasteiger partial charge in [-0.3, -0.25) is 0 Å². The minimum atomic E-state index is 0.201. The van der Waals surface area contributed by atoms with Crippen LogP contribution >= 0.6 is 11.7 Å². The number of nitrogens with zero attached hydrogens (tertiary/aromatic N) is 3. The second-order valence-electron chi connectivity index (χ2n) is 5.19. The van der Waals surface area contributed by atoms with Crippen LogP contribution < -0.4 is 9.47 Å². The number of rotatable bonds is 7. The second-order valence-corrected chi connectivity index (χ2v) is 5.72. The van der Waals surface area contributed by atoms with Gasteiger partial charge >= 0.3 is 0 Å². The topological polar surface area (TPSA) is 47.5 Å². The Kier molecular flexibility index (Phi) is 5.39. The van der Waals surface area contributed by atoms with Crippen LogP contribution in [0.5, 0.6) is 11.8 Å². The van der Waals surface area contributed by atoms with Crippen molar-refractivity contribution < 1.29 is 9.47 Å². The van der Waals surface area contributed by atoms with Gasteiger partial charge in [-0.05, 0) is 39.8 Å². The van der Waals surface area contributed by atoms with Crippen LogP contribution in [0.4, 0.5) is 0 Å². The quantitative estimate of drug-likeness (QED) is 0.721. The van der Waals surface area contributed by atoms with E-state index in [1.807, 2.05) is 0 Å². The molecule has 0 radical (unpaired) electrons. The van der Waals surface area contributed by atoms with Crippen molar-refractivity contribution in [3.8, 4) is 11.8 Å². The van der Waals surface area contributed by atoms with Gasteiger partial charge in [-0.1, -0.05) is 13.3 Å². The predicted molar refractivity (Wildman–Crippen MR) is 76.1 cm³/mol. The molecular formula is C13H23N3O2S. The lowest BCUT2D eigenvalue weighted by molar-refractivity contribution is 0.112. The number of hydrogen-bond donors (Lipinski definition) is 0. The fourth-order valence-corrected chi connectivity index (χ4v) is 2.86. The summed E-state index contributed by atoms with van der Waals surface area (Å²) in [6.07, 6.45) is 5.81. The first-order valence-electron chi connectivity index (χ1n) is 7.00. The van der Waals surface area contributed by atoms with E-state index in [1.54, 1.807) is 0 Å². The van der Waals surface area contributed by atoms with E-state index in [0.717, 1.165) is 31.0 Å². The Morgan fingerprint density at radius 2 is 2.05 bits per heavy atom. The molecule has 0 spiro atoms. The first-order chi connectivity index (χ1) is 9.22. The van der Waals surface area contributed by atoms with Gasteiger partial charge in [0.2, 0.25) is 0 Å². The van der Waals surface area contributed by atoms with Crippen molar-refractivity contribution in [2.45, 2.75) is 51.2 Å². The molecule has 1 aliphatic carbocycles. The van der Waals surface area contributed by atoms with E-state index in [0.29, 0.717) is 24.4 Å². The van der Waals surface area contributed by atoms with Crippen LogP contribution in [0.2, 0.25) is 0 Å². The number of ether oxygens (including phenoxy) is 2. The van der Waals surface area contributed by atoms with Gasteiger partial charge in [0.15, 0.2) is 0 Å². The zero-order chi connectivity index (χ0) is 13.7. The third-order valence-corrected chi connectivity index (χ3v) is 4.01. The molecule has 2 unspecified atom stereocenters. The molecule has 1 aromatic heterocycles. The minimum absolute atomic E-state index is 0.201. The maximum atomic E-state index is 6.02. The smallest absolute Gasteiger partial charge is 0.291 e. The molecule has 1 aliphatic rings. The second kappa shape index (κ2) is 7.05. The van der Waals surface area contributed by atoms with Gasteiger partial charge in [0, 0.05) is 6.04 Å². The highest BCUT2D eigenvalue weighted by atomic mass is 32.1. The Morgan fingerprint density at radius 1 is 1.26 bits per heavy atom. The van der Waals surface area contributed by atoms with Crippen molar-refractivity contribution in [3.05, 3.63) is 0 Å². The summed E-state index contributed by atoms with van der Waals surface area (Å²) in [5.74, 6) is 1.13. The molecular weight excluding hydrogens is 262 g/mol. The number of aromatic nitrogens is 2. The van der Waals surface area contributed by atoms with Gasteiger partial charge in [-0.25, -0.2) is 0 Å². The van der Waals surface area contributed by atoms with Crippen LogP contribution in [0, 0.1) is 0 Å². The van der Waals surface area contributed by atoms with Gasteiger partial charge < -0.3 is 14.4 Å². The lowest BCUT2D eigenvalue weighted by Gasteiger charge is -2.25. The van der Waals surface area contributed by atoms with Gasteiger partial charge in [-0.2, -0.15) is 0 Å². The van der Waals surface area contributed by atoms with E-state index in [9.17, 15) is 0 Å². The standard InChI is InChI=1S/C13H23N3O2S/c1-4-5-9-17-12-13(15-19-14-12)18-11-8-6-7-10(11)16(2)3/h10-11H,4-9H2,1-3H3. The molecule has 19 heavy (non-hydrogen) atoms. The minimum Gasteiger partial charge on any atom is -0.473 e. The first-order valence-corrected chi connectivity index (χ1v) is 7.73. The molecule has 1 aromatic rings. The van der Waals surface area contributed by atoms with Gasteiger partial charge in [0.05, 0.1) is 18.3 Å². The summed E-state index contributed by atoms with van der Waals surface area (Å²) in [5, 5.41) is 0. The van der Waals surface area contributed by atoms with E-state index in [1.165, 1.54) is 12.8 Å². The van der Waals surface area contributed by atoms with Crippen LogP contribution in [0.15, 0.2) is 0 Å². The highest BCUT2D eigenvalue weighted by Gasteiger charge is 2.32. The van der Waals surface area contributed by atoms with Gasteiger partial charge in [0.25, 0.3) is 11.8 Å². The van der Waals surface area contributed by atoms with E-state index >= 15 is 0 Å². The monoisotopic (exact) mass is 285 g/mol. The van der Waals surface area contributed by atoms with Crippen LogP contribution in [-0.2, 0) is 0 Å². The normalized spacial score (nSPS) is 22.9. The summed E-state index contributed by atoms with van der Waals surface area (Å²) in [7, 11) is 4.20. The maximum absolute atomic E-state index is 6.02. The molecule has 1 heterocycles. The highest BCUT2D eigenvalue weighted by Crippen LogP contribution is 2.31. The molecule has 0 bridgehead atoms. The van der Waals surface area contributed by atoms with Crippen molar-refractivity contribution in [1.82, 2.24) is 13.6 Å².